The first kappa shape index (κ1) is 31.6. The quantitative estimate of drug-likeness (QED) is 0.0985. The van der Waals surface area contributed by atoms with Crippen LogP contribution in [0.25, 0.3) is 0 Å². The summed E-state index contributed by atoms with van der Waals surface area (Å²) in [5.41, 5.74) is -0.421. The van der Waals surface area contributed by atoms with E-state index in [1.807, 2.05) is 13.8 Å². The Hall–Kier alpha value is -1.39. The summed E-state index contributed by atoms with van der Waals surface area (Å²) in [4.78, 5) is 28.7. The maximum atomic E-state index is 12.3. The molecule has 0 saturated carbocycles. The molecule has 194 valence electrons. The van der Waals surface area contributed by atoms with Gasteiger partial charge < -0.3 is 9.47 Å². The van der Waals surface area contributed by atoms with E-state index in [0.717, 1.165) is 38.5 Å². The fraction of sp³-hybridized carbons (Fsp3) is 0.893. The Kier molecular flexibility index (Phi) is 19.2. The molecule has 0 heterocycles. The van der Waals surface area contributed by atoms with E-state index in [9.17, 15) is 9.59 Å². The van der Waals surface area contributed by atoms with Gasteiger partial charge in [0.05, 0.1) is 6.61 Å². The van der Waals surface area contributed by atoms with Crippen molar-refractivity contribution in [3.63, 3.8) is 0 Å². The number of hydrogen-bond acceptors (Lipinski definition) is 5. The molecule has 0 aliphatic carbocycles. The summed E-state index contributed by atoms with van der Waals surface area (Å²) in [6, 6.07) is -0.550. The molecule has 0 saturated heterocycles. The summed E-state index contributed by atoms with van der Waals surface area (Å²) >= 11 is 0. The first-order valence-corrected chi connectivity index (χ1v) is 13.6. The van der Waals surface area contributed by atoms with Crippen molar-refractivity contribution in [3.8, 4) is 0 Å². The molecule has 2 unspecified atom stereocenters. The Labute approximate surface area is 204 Å². The third kappa shape index (κ3) is 18.7. The number of ether oxygens (including phenoxy) is 2. The number of hydrogen-bond donors (Lipinski definition) is 0. The van der Waals surface area contributed by atoms with E-state index in [1.54, 1.807) is 13.1 Å². The molecule has 5 heteroatoms. The van der Waals surface area contributed by atoms with Gasteiger partial charge in [-0.05, 0) is 25.7 Å². The number of aliphatic imine (C=N–C) groups is 1. The molecule has 0 aromatic heterocycles. The minimum atomic E-state index is -0.550. The molecule has 0 bridgehead atoms. The van der Waals surface area contributed by atoms with Crippen LogP contribution in [0.3, 0.4) is 0 Å². The van der Waals surface area contributed by atoms with Crippen molar-refractivity contribution in [2.24, 2.45) is 16.3 Å². The van der Waals surface area contributed by atoms with Crippen LogP contribution in [0.15, 0.2) is 4.99 Å². The molecule has 0 N–H and O–H groups in total. The van der Waals surface area contributed by atoms with Crippen molar-refractivity contribution < 1.29 is 19.1 Å². The molecule has 0 aliphatic heterocycles. The van der Waals surface area contributed by atoms with Crippen molar-refractivity contribution >= 4 is 18.2 Å². The smallest absolute Gasteiger partial charge is 0.330 e. The minimum absolute atomic E-state index is 0.149. The van der Waals surface area contributed by atoms with E-state index >= 15 is 0 Å². The van der Waals surface area contributed by atoms with E-state index in [0.29, 0.717) is 18.9 Å². The molecular weight excluding hydrogens is 414 g/mol. The fourth-order valence-corrected chi connectivity index (χ4v) is 3.55. The van der Waals surface area contributed by atoms with Gasteiger partial charge in [0.1, 0.15) is 12.6 Å². The van der Waals surface area contributed by atoms with E-state index < -0.39 is 11.5 Å². The fourth-order valence-electron chi connectivity index (χ4n) is 3.55. The van der Waals surface area contributed by atoms with Gasteiger partial charge in [-0.25, -0.2) is 4.79 Å². The molecule has 33 heavy (non-hydrogen) atoms. The third-order valence-corrected chi connectivity index (χ3v) is 6.08. The van der Waals surface area contributed by atoms with Gasteiger partial charge in [-0.15, -0.1) is 0 Å². The van der Waals surface area contributed by atoms with Gasteiger partial charge in [0.25, 0.3) is 0 Å². The Morgan fingerprint density at radius 2 is 1.42 bits per heavy atom. The predicted octanol–water partition coefficient (Wildman–Crippen LogP) is 7.70. The van der Waals surface area contributed by atoms with Gasteiger partial charge >= 0.3 is 11.9 Å². The number of carbonyl (C=O) groups is 2. The number of nitrogens with zero attached hydrogens (tertiary/aromatic N) is 1. The number of unbranched alkanes of at least 4 members (excludes halogenated alkanes) is 9. The lowest BCUT2D eigenvalue weighted by Gasteiger charge is -2.20. The lowest BCUT2D eigenvalue weighted by atomic mass is 9.96. The molecule has 0 spiro atoms. The highest BCUT2D eigenvalue weighted by atomic mass is 16.5. The van der Waals surface area contributed by atoms with Gasteiger partial charge in [0.2, 0.25) is 0 Å². The topological polar surface area (TPSA) is 65.0 Å². The summed E-state index contributed by atoms with van der Waals surface area (Å²) in [5, 5.41) is 0. The van der Waals surface area contributed by atoms with E-state index in [4.69, 9.17) is 9.47 Å². The summed E-state index contributed by atoms with van der Waals surface area (Å²) in [7, 11) is 0. The first-order chi connectivity index (χ1) is 15.8. The van der Waals surface area contributed by atoms with E-state index in [1.165, 1.54) is 44.9 Å². The van der Waals surface area contributed by atoms with Crippen LogP contribution in [-0.4, -0.2) is 37.4 Å². The SMILES string of the molecule is CCCCCCCCCCCC(=O)OCC(C)(C)C=NC(C)C(=O)OCC(CC)CCCC. The summed E-state index contributed by atoms with van der Waals surface area (Å²) < 4.78 is 10.9. The number of carbonyl (C=O) groups excluding carboxylic acids is 2. The molecule has 0 aliphatic rings. The van der Waals surface area contributed by atoms with Gasteiger partial charge in [0, 0.05) is 18.1 Å². The van der Waals surface area contributed by atoms with Crippen LogP contribution in [-0.2, 0) is 19.1 Å². The Morgan fingerprint density at radius 3 is 2.00 bits per heavy atom. The second-order valence-electron chi connectivity index (χ2n) is 10.2. The molecule has 0 aromatic carbocycles. The van der Waals surface area contributed by atoms with Crippen molar-refractivity contribution in [1.29, 1.82) is 0 Å². The highest BCUT2D eigenvalue weighted by Gasteiger charge is 2.21. The van der Waals surface area contributed by atoms with Gasteiger partial charge in [-0.3, -0.25) is 9.79 Å². The number of esters is 2. The lowest BCUT2D eigenvalue weighted by molar-refractivity contribution is -0.147. The van der Waals surface area contributed by atoms with Crippen molar-refractivity contribution in [3.05, 3.63) is 0 Å². The zero-order valence-electron chi connectivity index (χ0n) is 22.6. The van der Waals surface area contributed by atoms with Gasteiger partial charge in [-0.2, -0.15) is 0 Å². The first-order valence-electron chi connectivity index (χ1n) is 13.6. The van der Waals surface area contributed by atoms with E-state index in [2.05, 4.69) is 25.8 Å². The van der Waals surface area contributed by atoms with Crippen LogP contribution in [0.2, 0.25) is 0 Å². The van der Waals surface area contributed by atoms with Crippen LogP contribution in [0.1, 0.15) is 131 Å². The highest BCUT2D eigenvalue weighted by Crippen LogP contribution is 2.16. The van der Waals surface area contributed by atoms with Crippen LogP contribution in [0, 0.1) is 11.3 Å². The summed E-state index contributed by atoms with van der Waals surface area (Å²) in [6.45, 7) is 12.9. The minimum Gasteiger partial charge on any atom is -0.465 e. The largest absolute Gasteiger partial charge is 0.465 e. The standard InChI is InChI=1S/C28H53NO4/c1-7-10-12-13-14-15-16-17-18-20-26(30)33-23-28(5,6)22-29-24(4)27(31)32-21-25(9-3)19-11-8-2/h22,24-25H,7-21,23H2,1-6H3. The zero-order valence-corrected chi connectivity index (χ0v) is 22.6. The van der Waals surface area contributed by atoms with Crippen LogP contribution >= 0.6 is 0 Å². The summed E-state index contributed by atoms with van der Waals surface area (Å²) in [6.07, 6.45) is 17.7. The normalized spacial score (nSPS) is 13.8. The Balaban J connectivity index is 4.07. The lowest BCUT2D eigenvalue weighted by Crippen LogP contribution is -2.26. The molecule has 2 atom stereocenters. The average molecular weight is 468 g/mol. The number of rotatable bonds is 21. The molecular formula is C28H53NO4. The molecule has 0 aromatic rings. The molecule has 0 amide bonds. The predicted molar refractivity (Wildman–Crippen MR) is 139 cm³/mol. The van der Waals surface area contributed by atoms with Gasteiger partial charge in [0.15, 0.2) is 0 Å². The second-order valence-corrected chi connectivity index (χ2v) is 10.2. The summed E-state index contributed by atoms with van der Waals surface area (Å²) in [5.74, 6) is -0.0179. The van der Waals surface area contributed by atoms with Crippen molar-refractivity contribution in [1.82, 2.24) is 0 Å². The molecule has 0 radical (unpaired) electrons. The maximum absolute atomic E-state index is 12.3. The monoisotopic (exact) mass is 467 g/mol. The third-order valence-electron chi connectivity index (χ3n) is 6.08. The highest BCUT2D eigenvalue weighted by molar-refractivity contribution is 5.78. The van der Waals surface area contributed by atoms with E-state index in [-0.39, 0.29) is 18.5 Å². The van der Waals surface area contributed by atoms with Crippen molar-refractivity contribution in [2.45, 2.75) is 137 Å². The van der Waals surface area contributed by atoms with Crippen molar-refractivity contribution in [2.75, 3.05) is 13.2 Å². The molecule has 0 rings (SSSR count). The Morgan fingerprint density at radius 1 is 0.848 bits per heavy atom. The second kappa shape index (κ2) is 20.0. The average Bonchev–Trinajstić information content (AvgIpc) is 2.80. The van der Waals surface area contributed by atoms with Crippen LogP contribution in [0.4, 0.5) is 0 Å². The maximum Gasteiger partial charge on any atom is 0.330 e. The van der Waals surface area contributed by atoms with Gasteiger partial charge in [-0.1, -0.05) is 105 Å². The molecule has 0 fully saturated rings. The molecule has 5 nitrogen and oxygen atoms in total. The zero-order chi connectivity index (χ0) is 25.0. The van der Waals surface area contributed by atoms with Crippen LogP contribution in [0.5, 0.6) is 0 Å². The van der Waals surface area contributed by atoms with Crippen LogP contribution < -0.4 is 0 Å². The Bertz CT molecular complexity index is 530.